The lowest BCUT2D eigenvalue weighted by atomic mass is 10.2. The number of imidazole rings is 1. The maximum absolute atomic E-state index is 5.49. The summed E-state index contributed by atoms with van der Waals surface area (Å²) in [7, 11) is 0. The highest BCUT2D eigenvalue weighted by Gasteiger charge is 2.05. The zero-order valence-corrected chi connectivity index (χ0v) is 7.60. The van der Waals surface area contributed by atoms with Gasteiger partial charge in [0.25, 0.3) is 0 Å². The first-order chi connectivity index (χ1) is 7.33. The van der Waals surface area contributed by atoms with Crippen molar-refractivity contribution in [2.45, 2.75) is 0 Å². The fraction of sp³-hybridized carbons (Fsp3) is 0. The summed E-state index contributed by atoms with van der Waals surface area (Å²) >= 11 is 0. The third kappa shape index (κ3) is 1.21. The first-order valence-electron chi connectivity index (χ1n) is 4.30. The summed E-state index contributed by atoms with van der Waals surface area (Å²) < 4.78 is 0. The normalized spacial score (nSPS) is 10.9. The van der Waals surface area contributed by atoms with Crippen LogP contribution in [0.15, 0.2) is 18.5 Å². The Morgan fingerprint density at radius 3 is 2.87 bits per heavy atom. The summed E-state index contributed by atoms with van der Waals surface area (Å²) in [5, 5.41) is 10.3. The van der Waals surface area contributed by atoms with Crippen LogP contribution < -0.4 is 5.73 Å². The lowest BCUT2D eigenvalue weighted by Gasteiger charge is -1.94. The van der Waals surface area contributed by atoms with E-state index in [1.165, 1.54) is 0 Å². The fourth-order valence-corrected chi connectivity index (χ4v) is 1.37. The molecule has 0 unspecified atom stereocenters. The van der Waals surface area contributed by atoms with Gasteiger partial charge in [0.1, 0.15) is 5.52 Å². The predicted octanol–water partition coefficient (Wildman–Crippen LogP) is 0.325. The second-order valence-corrected chi connectivity index (χ2v) is 3.07. The third-order valence-electron chi connectivity index (χ3n) is 2.08. The van der Waals surface area contributed by atoms with Gasteiger partial charge < -0.3 is 10.7 Å². The molecule has 0 fully saturated rings. The maximum atomic E-state index is 5.49. The Morgan fingerprint density at radius 1 is 1.13 bits per heavy atom. The predicted molar refractivity (Wildman–Crippen MR) is 53.7 cm³/mol. The summed E-state index contributed by atoms with van der Waals surface area (Å²) in [6.07, 6.45) is 3.34. The maximum Gasteiger partial charge on any atom is 0.201 e. The zero-order valence-electron chi connectivity index (χ0n) is 7.60. The number of nitrogens with one attached hydrogen (secondary N) is 2. The van der Waals surface area contributed by atoms with Crippen LogP contribution in [0, 0.1) is 0 Å². The van der Waals surface area contributed by atoms with Crippen molar-refractivity contribution in [3.05, 3.63) is 18.5 Å². The van der Waals surface area contributed by atoms with Crippen LogP contribution in [0.5, 0.6) is 0 Å². The molecule has 0 aromatic carbocycles. The van der Waals surface area contributed by atoms with E-state index in [9.17, 15) is 0 Å². The highest BCUT2D eigenvalue weighted by Crippen LogP contribution is 2.19. The van der Waals surface area contributed by atoms with Crippen molar-refractivity contribution in [1.82, 2.24) is 30.4 Å². The third-order valence-corrected chi connectivity index (χ3v) is 2.08. The smallest absolute Gasteiger partial charge is 0.201 e. The number of hydrogen-bond acceptors (Lipinski definition) is 5. The molecule has 0 saturated carbocycles. The minimum Gasteiger partial charge on any atom is -0.369 e. The molecule has 3 aromatic heterocycles. The molecule has 3 heterocycles. The van der Waals surface area contributed by atoms with Gasteiger partial charge in [0.2, 0.25) is 5.65 Å². The molecule has 0 aliphatic carbocycles. The van der Waals surface area contributed by atoms with Gasteiger partial charge >= 0.3 is 0 Å². The first kappa shape index (κ1) is 7.92. The van der Waals surface area contributed by atoms with Crippen LogP contribution in [-0.2, 0) is 0 Å². The van der Waals surface area contributed by atoms with Gasteiger partial charge in [-0.3, -0.25) is 0 Å². The Balaban J connectivity index is 2.18. The molecule has 0 amide bonds. The van der Waals surface area contributed by atoms with Gasteiger partial charge in [-0.25, -0.2) is 9.97 Å². The van der Waals surface area contributed by atoms with Crippen LogP contribution >= 0.6 is 0 Å². The van der Waals surface area contributed by atoms with Gasteiger partial charge in [-0.15, -0.1) is 5.10 Å². The Bertz CT molecular complexity index is 608. The van der Waals surface area contributed by atoms with E-state index in [2.05, 4.69) is 30.4 Å². The molecule has 0 spiro atoms. The van der Waals surface area contributed by atoms with E-state index in [1.54, 1.807) is 12.4 Å². The summed E-state index contributed by atoms with van der Waals surface area (Å²) in [5.74, 6) is 0.380. The molecule has 15 heavy (non-hydrogen) atoms. The average molecular weight is 201 g/mol. The van der Waals surface area contributed by atoms with Crippen LogP contribution in [0.3, 0.4) is 0 Å². The Morgan fingerprint density at radius 2 is 2.07 bits per heavy atom. The van der Waals surface area contributed by atoms with E-state index >= 15 is 0 Å². The van der Waals surface area contributed by atoms with E-state index in [1.807, 2.05) is 6.07 Å². The van der Waals surface area contributed by atoms with Gasteiger partial charge in [0, 0.05) is 11.8 Å². The fourth-order valence-electron chi connectivity index (χ4n) is 1.37. The van der Waals surface area contributed by atoms with Gasteiger partial charge in [0.15, 0.2) is 5.95 Å². The van der Waals surface area contributed by atoms with Crippen molar-refractivity contribution in [3.63, 3.8) is 0 Å². The number of aromatic nitrogens is 6. The summed E-state index contributed by atoms with van der Waals surface area (Å²) in [6.45, 7) is 0. The standard InChI is InChI=1S/C8H7N7/c9-8-11-3-6(12-8)4-1-5-7(10-2-4)14-15-13-5/h1-3H,(H3,9,11,12)(H,10,13,14,15). The summed E-state index contributed by atoms with van der Waals surface area (Å²) in [4.78, 5) is 11.0. The largest absolute Gasteiger partial charge is 0.369 e. The lowest BCUT2D eigenvalue weighted by Crippen LogP contribution is -1.86. The number of rotatable bonds is 1. The quantitative estimate of drug-likeness (QED) is 0.525. The van der Waals surface area contributed by atoms with Crippen LogP contribution in [0.2, 0.25) is 0 Å². The van der Waals surface area contributed by atoms with Crippen molar-refractivity contribution in [2.75, 3.05) is 5.73 Å². The number of aromatic amines is 2. The Kier molecular flexibility index (Phi) is 1.46. The zero-order chi connectivity index (χ0) is 10.3. The lowest BCUT2D eigenvalue weighted by molar-refractivity contribution is 0.954. The van der Waals surface area contributed by atoms with E-state index in [0.717, 1.165) is 11.3 Å². The Hall–Kier alpha value is -2.44. The number of anilines is 1. The number of nitrogens with zero attached hydrogens (tertiary/aromatic N) is 4. The molecular weight excluding hydrogens is 194 g/mol. The Labute approximate surface area is 83.7 Å². The molecule has 4 N–H and O–H groups in total. The highest BCUT2D eigenvalue weighted by atomic mass is 15.3. The highest BCUT2D eigenvalue weighted by molar-refractivity contribution is 5.75. The number of nitrogens with two attached hydrogens (primary N) is 1. The van der Waals surface area contributed by atoms with Crippen LogP contribution in [-0.4, -0.2) is 30.4 Å². The molecule has 0 aliphatic heterocycles. The second-order valence-electron chi connectivity index (χ2n) is 3.07. The monoisotopic (exact) mass is 201 g/mol. The molecule has 7 nitrogen and oxygen atoms in total. The number of hydrogen-bond donors (Lipinski definition) is 3. The number of fused-ring (bicyclic) bond motifs is 1. The first-order valence-corrected chi connectivity index (χ1v) is 4.30. The minimum atomic E-state index is 0.380. The summed E-state index contributed by atoms with van der Waals surface area (Å²) in [5.41, 5.74) is 8.47. The molecule has 74 valence electrons. The summed E-state index contributed by atoms with van der Waals surface area (Å²) in [6, 6.07) is 1.86. The molecule has 0 aliphatic rings. The van der Waals surface area contributed by atoms with Crippen molar-refractivity contribution in [2.24, 2.45) is 0 Å². The van der Waals surface area contributed by atoms with E-state index in [4.69, 9.17) is 5.73 Å². The molecule has 3 aromatic rings. The van der Waals surface area contributed by atoms with Crippen LogP contribution in [0.4, 0.5) is 5.95 Å². The molecular formula is C8H7N7. The van der Waals surface area contributed by atoms with Crippen molar-refractivity contribution in [1.29, 1.82) is 0 Å². The molecule has 0 atom stereocenters. The van der Waals surface area contributed by atoms with Crippen molar-refractivity contribution >= 4 is 17.1 Å². The van der Waals surface area contributed by atoms with Crippen molar-refractivity contribution < 1.29 is 0 Å². The van der Waals surface area contributed by atoms with Gasteiger partial charge in [-0.05, 0) is 6.07 Å². The van der Waals surface area contributed by atoms with Gasteiger partial charge in [-0.2, -0.15) is 10.3 Å². The number of pyridine rings is 1. The molecule has 0 radical (unpaired) electrons. The van der Waals surface area contributed by atoms with E-state index in [0.29, 0.717) is 17.1 Å². The molecule has 0 bridgehead atoms. The molecule has 0 saturated heterocycles. The minimum absolute atomic E-state index is 0.380. The SMILES string of the molecule is Nc1ncc(-c2cnc3n[nH]nc3c2)[nH]1. The van der Waals surface area contributed by atoms with Gasteiger partial charge in [-0.1, -0.05) is 0 Å². The van der Waals surface area contributed by atoms with Crippen LogP contribution in [0.25, 0.3) is 22.4 Å². The average Bonchev–Trinajstić information content (AvgIpc) is 2.84. The molecule has 3 rings (SSSR count). The molecule has 7 heteroatoms. The topological polar surface area (TPSA) is 109 Å². The van der Waals surface area contributed by atoms with Crippen molar-refractivity contribution in [3.8, 4) is 11.3 Å². The number of H-pyrrole nitrogens is 2. The van der Waals surface area contributed by atoms with Gasteiger partial charge in [0.05, 0.1) is 11.9 Å². The second kappa shape index (κ2) is 2.77. The van der Waals surface area contributed by atoms with Crippen LogP contribution in [0.1, 0.15) is 0 Å². The van der Waals surface area contributed by atoms with E-state index < -0.39 is 0 Å². The number of nitrogen functional groups attached to an aromatic ring is 1. The van der Waals surface area contributed by atoms with E-state index in [-0.39, 0.29) is 0 Å².